The van der Waals surface area contributed by atoms with Gasteiger partial charge in [0.05, 0.1) is 19.6 Å². The molecular formula is C29H54N2O6. The Labute approximate surface area is 225 Å². The molecule has 0 aromatic heterocycles. The van der Waals surface area contributed by atoms with E-state index in [-0.39, 0.29) is 38.6 Å². The SMILES string of the molecule is CCCCCCCCC=CCCCCCCCC(=O)NCCOC(=O)CCNC(=O)C(O)C(C)(C)CO. The highest BCUT2D eigenvalue weighted by molar-refractivity contribution is 5.82. The van der Waals surface area contributed by atoms with E-state index >= 15 is 0 Å². The van der Waals surface area contributed by atoms with Gasteiger partial charge in [-0.3, -0.25) is 14.4 Å². The molecule has 0 aliphatic carbocycles. The minimum atomic E-state index is -1.37. The van der Waals surface area contributed by atoms with Crippen LogP contribution in [-0.2, 0) is 19.1 Å². The summed E-state index contributed by atoms with van der Waals surface area (Å²) < 4.78 is 5.04. The Hall–Kier alpha value is -1.93. The number of aliphatic hydroxyl groups is 2. The monoisotopic (exact) mass is 526 g/mol. The normalized spacial score (nSPS) is 12.5. The van der Waals surface area contributed by atoms with Crippen LogP contribution in [0.4, 0.5) is 0 Å². The van der Waals surface area contributed by atoms with Crippen LogP contribution in [0.1, 0.15) is 117 Å². The van der Waals surface area contributed by atoms with Crippen LogP contribution in [0.2, 0.25) is 0 Å². The predicted octanol–water partition coefficient (Wildman–Crippen LogP) is 4.57. The number of carbonyl (C=O) groups is 3. The number of carbonyl (C=O) groups excluding carboxylic acids is 3. The molecule has 0 aromatic carbocycles. The van der Waals surface area contributed by atoms with Gasteiger partial charge in [0.2, 0.25) is 11.8 Å². The minimum Gasteiger partial charge on any atom is -0.464 e. The van der Waals surface area contributed by atoms with Crippen molar-refractivity contribution in [1.29, 1.82) is 0 Å². The first-order valence-electron chi connectivity index (χ1n) is 14.4. The number of amides is 2. The van der Waals surface area contributed by atoms with Crippen LogP contribution in [0.5, 0.6) is 0 Å². The quantitative estimate of drug-likeness (QED) is 0.0830. The smallest absolute Gasteiger partial charge is 0.307 e. The second-order valence-corrected chi connectivity index (χ2v) is 10.5. The lowest BCUT2D eigenvalue weighted by Gasteiger charge is -2.27. The molecule has 0 aliphatic heterocycles. The number of unbranched alkanes of at least 4 members (excludes halogenated alkanes) is 11. The Kier molecular flexibility index (Phi) is 22.0. The molecule has 0 heterocycles. The molecule has 37 heavy (non-hydrogen) atoms. The van der Waals surface area contributed by atoms with Crippen LogP contribution in [-0.4, -0.2) is 60.4 Å². The summed E-state index contributed by atoms with van der Waals surface area (Å²) in [4.78, 5) is 35.5. The van der Waals surface area contributed by atoms with Crippen molar-refractivity contribution >= 4 is 17.8 Å². The molecule has 2 amide bonds. The fraction of sp³-hybridized carbons (Fsp3) is 0.828. The molecule has 8 heteroatoms. The fourth-order valence-corrected chi connectivity index (χ4v) is 3.70. The van der Waals surface area contributed by atoms with Crippen molar-refractivity contribution in [1.82, 2.24) is 10.6 Å². The van der Waals surface area contributed by atoms with Crippen molar-refractivity contribution in [2.45, 2.75) is 123 Å². The van der Waals surface area contributed by atoms with Crippen LogP contribution in [0.15, 0.2) is 12.2 Å². The van der Waals surface area contributed by atoms with E-state index in [9.17, 15) is 24.6 Å². The van der Waals surface area contributed by atoms with Crippen molar-refractivity contribution in [2.75, 3.05) is 26.3 Å². The van der Waals surface area contributed by atoms with Crippen molar-refractivity contribution in [3.63, 3.8) is 0 Å². The van der Waals surface area contributed by atoms with Crippen LogP contribution in [0.25, 0.3) is 0 Å². The Morgan fingerprint density at radius 2 is 1.38 bits per heavy atom. The number of rotatable bonds is 24. The molecule has 0 aliphatic rings. The van der Waals surface area contributed by atoms with Crippen molar-refractivity contribution in [2.24, 2.45) is 5.41 Å². The van der Waals surface area contributed by atoms with Crippen LogP contribution >= 0.6 is 0 Å². The molecule has 8 nitrogen and oxygen atoms in total. The van der Waals surface area contributed by atoms with Gasteiger partial charge in [-0.05, 0) is 32.1 Å². The third-order valence-electron chi connectivity index (χ3n) is 6.38. The van der Waals surface area contributed by atoms with Gasteiger partial charge in [-0.1, -0.05) is 84.3 Å². The Morgan fingerprint density at radius 3 is 1.97 bits per heavy atom. The van der Waals surface area contributed by atoms with Gasteiger partial charge >= 0.3 is 5.97 Å². The lowest BCUT2D eigenvalue weighted by Crippen LogP contribution is -2.46. The summed E-state index contributed by atoms with van der Waals surface area (Å²) in [7, 11) is 0. The zero-order valence-corrected chi connectivity index (χ0v) is 23.7. The average Bonchev–Trinajstić information content (AvgIpc) is 2.88. The van der Waals surface area contributed by atoms with E-state index in [1.54, 1.807) is 13.8 Å². The predicted molar refractivity (Wildman–Crippen MR) is 148 cm³/mol. The zero-order chi connectivity index (χ0) is 27.8. The number of ether oxygens (including phenoxy) is 1. The highest BCUT2D eigenvalue weighted by Gasteiger charge is 2.32. The van der Waals surface area contributed by atoms with Gasteiger partial charge in [0.1, 0.15) is 12.7 Å². The van der Waals surface area contributed by atoms with Crippen LogP contribution in [0.3, 0.4) is 0 Å². The molecule has 0 saturated heterocycles. The summed E-state index contributed by atoms with van der Waals surface area (Å²) in [6.07, 6.45) is 19.6. The van der Waals surface area contributed by atoms with Gasteiger partial charge in [-0.15, -0.1) is 0 Å². The summed E-state index contributed by atoms with van der Waals surface area (Å²) >= 11 is 0. The van der Waals surface area contributed by atoms with Crippen LogP contribution in [0, 0.1) is 5.41 Å². The van der Waals surface area contributed by atoms with E-state index in [2.05, 4.69) is 29.7 Å². The van der Waals surface area contributed by atoms with E-state index in [0.29, 0.717) is 6.42 Å². The summed E-state index contributed by atoms with van der Waals surface area (Å²) in [5.74, 6) is -1.18. The number of nitrogens with one attached hydrogen (secondary N) is 2. The first-order chi connectivity index (χ1) is 17.7. The molecule has 0 spiro atoms. The number of hydrogen-bond donors (Lipinski definition) is 4. The van der Waals surface area contributed by atoms with E-state index in [0.717, 1.165) is 25.7 Å². The molecular weight excluding hydrogens is 472 g/mol. The van der Waals surface area contributed by atoms with E-state index < -0.39 is 23.4 Å². The Balaban J connectivity index is 3.54. The maximum atomic E-state index is 11.9. The highest BCUT2D eigenvalue weighted by atomic mass is 16.5. The molecule has 0 fully saturated rings. The largest absolute Gasteiger partial charge is 0.464 e. The number of aliphatic hydroxyl groups excluding tert-OH is 2. The zero-order valence-electron chi connectivity index (χ0n) is 23.7. The molecule has 0 bridgehead atoms. The molecule has 0 saturated carbocycles. The highest BCUT2D eigenvalue weighted by Crippen LogP contribution is 2.19. The Morgan fingerprint density at radius 1 is 0.811 bits per heavy atom. The van der Waals surface area contributed by atoms with E-state index in [1.807, 2.05) is 0 Å². The topological polar surface area (TPSA) is 125 Å². The Bertz CT molecular complexity index is 636. The summed E-state index contributed by atoms with van der Waals surface area (Å²) in [6.45, 7) is 5.40. The average molecular weight is 527 g/mol. The van der Waals surface area contributed by atoms with Gasteiger partial charge in [-0.25, -0.2) is 0 Å². The van der Waals surface area contributed by atoms with Gasteiger partial charge in [0.15, 0.2) is 0 Å². The van der Waals surface area contributed by atoms with E-state index in [1.165, 1.54) is 57.8 Å². The number of allylic oxidation sites excluding steroid dienone is 2. The van der Waals surface area contributed by atoms with Crippen LogP contribution < -0.4 is 10.6 Å². The van der Waals surface area contributed by atoms with E-state index in [4.69, 9.17) is 4.74 Å². The third-order valence-corrected chi connectivity index (χ3v) is 6.38. The molecule has 0 radical (unpaired) electrons. The van der Waals surface area contributed by atoms with Crippen molar-refractivity contribution < 1.29 is 29.3 Å². The molecule has 4 N–H and O–H groups in total. The lowest BCUT2D eigenvalue weighted by molar-refractivity contribution is -0.144. The summed E-state index contributed by atoms with van der Waals surface area (Å²) in [5, 5.41) is 24.3. The second kappa shape index (κ2) is 23.2. The second-order valence-electron chi connectivity index (χ2n) is 10.5. The van der Waals surface area contributed by atoms with Crippen molar-refractivity contribution in [3.05, 3.63) is 12.2 Å². The first-order valence-corrected chi connectivity index (χ1v) is 14.4. The van der Waals surface area contributed by atoms with Gasteiger partial charge in [0, 0.05) is 18.4 Å². The minimum absolute atomic E-state index is 0.0259. The molecule has 0 aromatic rings. The molecule has 0 rings (SSSR count). The first kappa shape index (κ1) is 35.1. The van der Waals surface area contributed by atoms with Crippen molar-refractivity contribution in [3.8, 4) is 0 Å². The molecule has 216 valence electrons. The fourth-order valence-electron chi connectivity index (χ4n) is 3.70. The number of hydrogen-bond acceptors (Lipinski definition) is 6. The summed E-state index contributed by atoms with van der Waals surface area (Å²) in [6, 6.07) is 0. The van der Waals surface area contributed by atoms with Gasteiger partial charge in [-0.2, -0.15) is 0 Å². The summed E-state index contributed by atoms with van der Waals surface area (Å²) in [5.41, 5.74) is -0.965. The third kappa shape index (κ3) is 20.8. The molecule has 1 unspecified atom stereocenters. The maximum absolute atomic E-state index is 11.9. The lowest BCUT2D eigenvalue weighted by atomic mass is 9.87. The van der Waals surface area contributed by atoms with Gasteiger partial charge < -0.3 is 25.6 Å². The number of esters is 1. The van der Waals surface area contributed by atoms with Gasteiger partial charge in [0.25, 0.3) is 0 Å². The standard InChI is InChI=1S/C29H54N2O6/c1-4-5-6-7-8-9-10-11-12-13-14-15-16-17-18-19-25(33)30-22-23-37-26(34)20-21-31-28(36)27(35)29(2,3)24-32/h11-12,27,32,35H,4-10,13-24H2,1-3H3,(H,30,33)(H,31,36). The maximum Gasteiger partial charge on any atom is 0.307 e. The molecule has 1 atom stereocenters.